The van der Waals surface area contributed by atoms with Crippen molar-refractivity contribution in [1.82, 2.24) is 0 Å². The van der Waals surface area contributed by atoms with E-state index >= 15 is 0 Å². The molecule has 2 aromatic carbocycles. The largest absolute Gasteiger partial charge is 0.358 e. The van der Waals surface area contributed by atoms with Gasteiger partial charge in [0.05, 0.1) is 11.4 Å². The van der Waals surface area contributed by atoms with Crippen LogP contribution in [0.5, 0.6) is 0 Å². The zero-order valence-electron chi connectivity index (χ0n) is 17.7. The minimum Gasteiger partial charge on any atom is -0.358 e. The van der Waals surface area contributed by atoms with E-state index in [4.69, 9.17) is 0 Å². The highest BCUT2D eigenvalue weighted by atomic mass is 16.2. The van der Waals surface area contributed by atoms with Gasteiger partial charge in [-0.25, -0.2) is 0 Å². The van der Waals surface area contributed by atoms with Gasteiger partial charge in [-0.1, -0.05) is 32.1 Å². The normalized spacial score (nSPS) is 18.1. The van der Waals surface area contributed by atoms with E-state index in [1.807, 2.05) is 42.5 Å². The molecule has 4 rings (SSSR count). The lowest BCUT2D eigenvalue weighted by molar-refractivity contribution is -0.120. The van der Waals surface area contributed by atoms with Crippen LogP contribution in [-0.4, -0.2) is 30.9 Å². The predicted molar refractivity (Wildman–Crippen MR) is 122 cm³/mol. The van der Waals surface area contributed by atoms with Crippen molar-refractivity contribution in [2.75, 3.05) is 28.2 Å². The summed E-state index contributed by atoms with van der Waals surface area (Å²) in [5.74, 6) is 0.369. The van der Waals surface area contributed by atoms with Crippen LogP contribution in [0.15, 0.2) is 55.1 Å². The molecular weight excluding hydrogens is 374 g/mol. The van der Waals surface area contributed by atoms with Crippen LogP contribution in [0.2, 0.25) is 0 Å². The maximum atomic E-state index is 13.1. The molecule has 0 spiro atoms. The van der Waals surface area contributed by atoms with Crippen LogP contribution in [0.1, 0.15) is 54.9 Å². The summed E-state index contributed by atoms with van der Waals surface area (Å²) in [7, 11) is 0. The van der Waals surface area contributed by atoms with Crippen molar-refractivity contribution >= 4 is 28.9 Å². The van der Waals surface area contributed by atoms with Gasteiger partial charge in [0.15, 0.2) is 0 Å². The number of amides is 2. The van der Waals surface area contributed by atoms with Crippen molar-refractivity contribution in [3.63, 3.8) is 0 Å². The topological polar surface area (TPSA) is 52.7 Å². The lowest BCUT2D eigenvalue weighted by atomic mass is 9.95. The molecule has 2 amide bonds. The first-order chi connectivity index (χ1) is 14.5. The van der Waals surface area contributed by atoms with Gasteiger partial charge in [-0.15, -0.1) is 6.58 Å². The molecule has 1 atom stereocenters. The minimum atomic E-state index is -0.179. The molecule has 1 N–H and O–H groups in total. The highest BCUT2D eigenvalue weighted by Crippen LogP contribution is 2.40. The van der Waals surface area contributed by atoms with Gasteiger partial charge in [-0.05, 0) is 61.1 Å². The number of anilines is 3. The van der Waals surface area contributed by atoms with Crippen LogP contribution in [0.4, 0.5) is 17.1 Å². The van der Waals surface area contributed by atoms with Gasteiger partial charge in [-0.3, -0.25) is 9.59 Å². The van der Waals surface area contributed by atoms with E-state index in [1.54, 1.807) is 11.0 Å². The van der Waals surface area contributed by atoms with E-state index in [2.05, 4.69) is 30.6 Å². The van der Waals surface area contributed by atoms with Gasteiger partial charge in [0.25, 0.3) is 5.91 Å². The lowest BCUT2D eigenvalue weighted by Gasteiger charge is -2.45. The smallest absolute Gasteiger partial charge is 0.255 e. The average molecular weight is 404 g/mol. The Morgan fingerprint density at radius 3 is 2.63 bits per heavy atom. The molecule has 0 aliphatic carbocycles. The Bertz CT molecular complexity index is 965. The summed E-state index contributed by atoms with van der Waals surface area (Å²) >= 11 is 0. The molecule has 1 unspecified atom stereocenters. The highest BCUT2D eigenvalue weighted by molar-refractivity contribution is 6.09. The Hall–Kier alpha value is -3.08. The number of rotatable bonds is 5. The molecule has 1 saturated heterocycles. The first kappa shape index (κ1) is 20.2. The van der Waals surface area contributed by atoms with Gasteiger partial charge in [0, 0.05) is 24.3 Å². The molecule has 0 bridgehead atoms. The maximum absolute atomic E-state index is 13.1. The Morgan fingerprint density at radius 1 is 1.17 bits per heavy atom. The van der Waals surface area contributed by atoms with Gasteiger partial charge in [0.2, 0.25) is 5.91 Å². The molecule has 0 aromatic heterocycles. The monoisotopic (exact) mass is 403 g/mol. The van der Waals surface area contributed by atoms with Crippen LogP contribution in [0, 0.1) is 0 Å². The molecule has 0 saturated carbocycles. The quantitative estimate of drug-likeness (QED) is 0.719. The molecule has 2 aliphatic rings. The van der Waals surface area contributed by atoms with Crippen LogP contribution < -0.4 is 15.1 Å². The second-order valence-corrected chi connectivity index (χ2v) is 8.38. The van der Waals surface area contributed by atoms with Crippen LogP contribution in [0.3, 0.4) is 0 Å². The number of piperidine rings is 1. The van der Waals surface area contributed by atoms with Crippen LogP contribution >= 0.6 is 0 Å². The maximum Gasteiger partial charge on any atom is 0.255 e. The molecular formula is C25H29N3O2. The minimum absolute atomic E-state index is 0.101. The van der Waals surface area contributed by atoms with Crippen molar-refractivity contribution in [2.24, 2.45) is 0 Å². The SMILES string of the molecule is C=CCN1C(=O)C2CCCCN2c2ccc(C(=O)Nc3ccc(C(C)C)cc3)cc21. The number of fused-ring (bicyclic) bond motifs is 3. The molecule has 2 aromatic rings. The fraction of sp³-hybridized carbons (Fsp3) is 0.360. The van der Waals surface area contributed by atoms with Gasteiger partial charge < -0.3 is 15.1 Å². The molecule has 30 heavy (non-hydrogen) atoms. The summed E-state index contributed by atoms with van der Waals surface area (Å²) in [5.41, 5.74) is 4.35. The number of hydrogen-bond donors (Lipinski definition) is 1. The van der Waals surface area contributed by atoms with Gasteiger partial charge in [0.1, 0.15) is 6.04 Å². The van der Waals surface area contributed by atoms with E-state index < -0.39 is 0 Å². The summed E-state index contributed by atoms with van der Waals surface area (Å²) in [6, 6.07) is 13.5. The first-order valence-electron chi connectivity index (χ1n) is 10.7. The summed E-state index contributed by atoms with van der Waals surface area (Å²) in [6.07, 6.45) is 4.77. The third-order valence-electron chi connectivity index (χ3n) is 6.04. The van der Waals surface area contributed by atoms with Gasteiger partial charge >= 0.3 is 0 Å². The number of nitrogens with one attached hydrogen (secondary N) is 1. The summed E-state index contributed by atoms with van der Waals surface area (Å²) in [5, 5.41) is 2.97. The van der Waals surface area contributed by atoms with Crippen LogP contribution in [-0.2, 0) is 4.79 Å². The van der Waals surface area contributed by atoms with E-state index in [0.717, 1.165) is 42.9 Å². The third kappa shape index (κ3) is 3.72. The summed E-state index contributed by atoms with van der Waals surface area (Å²) in [4.78, 5) is 30.0. The highest BCUT2D eigenvalue weighted by Gasteiger charge is 2.39. The predicted octanol–water partition coefficient (Wildman–Crippen LogP) is 4.95. The molecule has 5 nitrogen and oxygen atoms in total. The number of carbonyl (C=O) groups is 2. The molecule has 0 radical (unpaired) electrons. The van der Waals surface area contributed by atoms with Crippen LogP contribution in [0.25, 0.3) is 0 Å². The second-order valence-electron chi connectivity index (χ2n) is 8.38. The average Bonchev–Trinajstić information content (AvgIpc) is 2.76. The number of carbonyl (C=O) groups excluding carboxylic acids is 2. The zero-order chi connectivity index (χ0) is 21.3. The molecule has 2 heterocycles. The Morgan fingerprint density at radius 2 is 1.93 bits per heavy atom. The van der Waals surface area contributed by atoms with Crippen molar-refractivity contribution in [3.05, 3.63) is 66.2 Å². The number of benzene rings is 2. The van der Waals surface area contributed by atoms with Crippen molar-refractivity contribution < 1.29 is 9.59 Å². The van der Waals surface area contributed by atoms with Crippen molar-refractivity contribution in [2.45, 2.75) is 45.1 Å². The Labute approximate surface area is 178 Å². The molecule has 1 fully saturated rings. The zero-order valence-corrected chi connectivity index (χ0v) is 17.7. The fourth-order valence-electron chi connectivity index (χ4n) is 4.37. The van der Waals surface area contributed by atoms with Gasteiger partial charge in [-0.2, -0.15) is 0 Å². The number of nitrogens with zero attached hydrogens (tertiary/aromatic N) is 2. The van der Waals surface area contributed by atoms with E-state index in [9.17, 15) is 9.59 Å². The summed E-state index contributed by atoms with van der Waals surface area (Å²) in [6.45, 7) is 9.41. The van der Waals surface area contributed by atoms with E-state index in [-0.39, 0.29) is 17.9 Å². The van der Waals surface area contributed by atoms with Crippen molar-refractivity contribution in [1.29, 1.82) is 0 Å². The van der Waals surface area contributed by atoms with E-state index in [1.165, 1.54) is 5.56 Å². The van der Waals surface area contributed by atoms with Crippen molar-refractivity contribution in [3.8, 4) is 0 Å². The number of hydrogen-bond acceptors (Lipinski definition) is 3. The molecule has 156 valence electrons. The van der Waals surface area contributed by atoms with E-state index in [0.29, 0.717) is 18.0 Å². The molecule has 2 aliphatic heterocycles. The second kappa shape index (κ2) is 8.34. The summed E-state index contributed by atoms with van der Waals surface area (Å²) < 4.78 is 0. The fourth-order valence-corrected chi connectivity index (χ4v) is 4.37. The first-order valence-corrected chi connectivity index (χ1v) is 10.7. The third-order valence-corrected chi connectivity index (χ3v) is 6.04. The molecule has 5 heteroatoms. The lowest BCUT2D eigenvalue weighted by Crippen LogP contribution is -2.55. The Kier molecular flexibility index (Phi) is 5.62. The standard InChI is InChI=1S/C25H29N3O2/c1-4-14-28-23-16-19(24(29)26-20-11-8-18(9-12-20)17(2)3)10-13-21(23)27-15-6-5-7-22(27)25(28)30/h4,8-13,16-17,22H,1,5-7,14-15H2,2-3H3,(H,26,29). The Balaban J connectivity index is 1.62.